The first-order chi connectivity index (χ1) is 9.34. The van der Waals surface area contributed by atoms with E-state index in [0.29, 0.717) is 5.75 Å². The smallest absolute Gasteiger partial charge is 0.174 e. The second-order valence-electron chi connectivity index (χ2n) is 4.24. The highest BCUT2D eigenvalue weighted by Crippen LogP contribution is 2.20. The predicted octanol–water partition coefficient (Wildman–Crippen LogP) is 3.88. The van der Waals surface area contributed by atoms with Gasteiger partial charge in [-0.3, -0.25) is 4.79 Å². The van der Waals surface area contributed by atoms with Crippen molar-refractivity contribution in [3.63, 3.8) is 0 Å². The summed E-state index contributed by atoms with van der Waals surface area (Å²) in [7, 11) is 0. The van der Waals surface area contributed by atoms with Crippen molar-refractivity contribution in [1.29, 1.82) is 0 Å². The van der Waals surface area contributed by atoms with E-state index in [9.17, 15) is 4.79 Å². The lowest BCUT2D eigenvalue weighted by molar-refractivity contribution is 0.102. The number of aromatic amines is 1. The van der Waals surface area contributed by atoms with E-state index in [1.54, 1.807) is 24.2 Å². The van der Waals surface area contributed by atoms with Crippen molar-refractivity contribution in [2.75, 3.05) is 5.75 Å². The summed E-state index contributed by atoms with van der Waals surface area (Å²) in [4.78, 5) is 15.3. The minimum absolute atomic E-state index is 0.147. The molecule has 1 aromatic carbocycles. The van der Waals surface area contributed by atoms with Crippen LogP contribution in [0, 0.1) is 0 Å². The van der Waals surface area contributed by atoms with E-state index in [1.807, 2.05) is 36.4 Å². The minimum atomic E-state index is 0.147. The number of hydrogen-bond donors (Lipinski definition) is 1. The Bertz CT molecular complexity index is 685. The fourth-order valence-electron chi connectivity index (χ4n) is 2.02. The molecule has 0 spiro atoms. The zero-order valence-electron chi connectivity index (χ0n) is 10.3. The van der Waals surface area contributed by atoms with Gasteiger partial charge in [0.05, 0.1) is 17.8 Å². The number of furan rings is 1. The van der Waals surface area contributed by atoms with Gasteiger partial charge in [0, 0.05) is 22.7 Å². The molecule has 0 saturated carbocycles. The van der Waals surface area contributed by atoms with E-state index >= 15 is 0 Å². The number of benzene rings is 1. The first-order valence-electron chi connectivity index (χ1n) is 6.04. The third kappa shape index (κ3) is 2.58. The Morgan fingerprint density at radius 3 is 2.95 bits per heavy atom. The molecule has 1 N–H and O–H groups in total. The molecule has 0 amide bonds. The fraction of sp³-hybridized carbons (Fsp3) is 0.133. The van der Waals surface area contributed by atoms with Crippen LogP contribution in [0.25, 0.3) is 10.9 Å². The SMILES string of the molecule is O=C(CSCc1ccco1)c1c[nH]c2ccccc12. The monoisotopic (exact) mass is 271 g/mol. The average molecular weight is 271 g/mol. The molecule has 2 heterocycles. The van der Waals surface area contributed by atoms with Crippen LogP contribution in [0.4, 0.5) is 0 Å². The summed E-state index contributed by atoms with van der Waals surface area (Å²) in [5.41, 5.74) is 1.77. The molecule has 0 atom stereocenters. The maximum Gasteiger partial charge on any atom is 0.174 e. The number of H-pyrrole nitrogens is 1. The summed E-state index contributed by atoms with van der Waals surface area (Å²) in [6.45, 7) is 0. The molecule has 0 fully saturated rings. The van der Waals surface area contributed by atoms with Crippen molar-refractivity contribution in [3.05, 3.63) is 60.2 Å². The van der Waals surface area contributed by atoms with Crippen LogP contribution in [0.15, 0.2) is 53.3 Å². The Kier molecular flexibility index (Phi) is 3.42. The van der Waals surface area contributed by atoms with Crippen molar-refractivity contribution >= 4 is 28.4 Å². The summed E-state index contributed by atoms with van der Waals surface area (Å²) < 4.78 is 5.24. The Balaban J connectivity index is 1.67. The van der Waals surface area contributed by atoms with Crippen molar-refractivity contribution in [1.82, 2.24) is 4.98 Å². The van der Waals surface area contributed by atoms with Gasteiger partial charge < -0.3 is 9.40 Å². The molecule has 0 bridgehead atoms. The molecule has 2 aromatic heterocycles. The number of nitrogens with one attached hydrogen (secondary N) is 1. The van der Waals surface area contributed by atoms with Gasteiger partial charge in [-0.1, -0.05) is 18.2 Å². The van der Waals surface area contributed by atoms with Crippen molar-refractivity contribution in [3.8, 4) is 0 Å². The molecule has 0 aliphatic heterocycles. The predicted molar refractivity (Wildman–Crippen MR) is 77.5 cm³/mol. The Morgan fingerprint density at radius 1 is 1.21 bits per heavy atom. The van der Waals surface area contributed by atoms with Gasteiger partial charge in [-0.2, -0.15) is 0 Å². The third-order valence-electron chi connectivity index (χ3n) is 2.95. The van der Waals surface area contributed by atoms with Crippen LogP contribution >= 0.6 is 11.8 Å². The van der Waals surface area contributed by atoms with Crippen molar-refractivity contribution < 1.29 is 9.21 Å². The van der Waals surface area contributed by atoms with Crippen LogP contribution in [0.1, 0.15) is 16.1 Å². The van der Waals surface area contributed by atoms with Crippen LogP contribution in [0.5, 0.6) is 0 Å². The molecule has 0 unspecified atom stereocenters. The van der Waals surface area contributed by atoms with Crippen LogP contribution in [0.2, 0.25) is 0 Å². The molecule has 4 heteroatoms. The number of thioether (sulfide) groups is 1. The average Bonchev–Trinajstić information content (AvgIpc) is 3.07. The van der Waals surface area contributed by atoms with Crippen LogP contribution in [-0.2, 0) is 5.75 Å². The number of para-hydroxylation sites is 1. The largest absolute Gasteiger partial charge is 0.468 e. The molecule has 0 aliphatic rings. The van der Waals surface area contributed by atoms with E-state index in [-0.39, 0.29) is 5.78 Å². The molecule has 0 aliphatic carbocycles. The summed E-state index contributed by atoms with van der Waals surface area (Å²) in [5.74, 6) is 2.23. The third-order valence-corrected chi connectivity index (χ3v) is 3.90. The van der Waals surface area contributed by atoms with Gasteiger partial charge in [0.2, 0.25) is 0 Å². The van der Waals surface area contributed by atoms with E-state index in [0.717, 1.165) is 28.0 Å². The highest BCUT2D eigenvalue weighted by Gasteiger charge is 2.11. The number of carbonyl (C=O) groups excluding carboxylic acids is 1. The second kappa shape index (κ2) is 5.36. The molecule has 3 rings (SSSR count). The topological polar surface area (TPSA) is 46.0 Å². The lowest BCUT2D eigenvalue weighted by Crippen LogP contribution is -2.01. The fourth-order valence-corrected chi connectivity index (χ4v) is 2.83. The number of aromatic nitrogens is 1. The van der Waals surface area contributed by atoms with Crippen LogP contribution in [0.3, 0.4) is 0 Å². The van der Waals surface area contributed by atoms with Gasteiger partial charge >= 0.3 is 0 Å². The molecular weight excluding hydrogens is 258 g/mol. The standard InChI is InChI=1S/C15H13NO2S/c17-15(10-19-9-11-4-3-7-18-11)13-8-16-14-6-2-1-5-12(13)14/h1-8,16H,9-10H2. The van der Waals surface area contributed by atoms with Gasteiger partial charge in [-0.05, 0) is 18.2 Å². The number of fused-ring (bicyclic) bond motifs is 1. The van der Waals surface area contributed by atoms with E-state index in [4.69, 9.17) is 4.42 Å². The molecule has 19 heavy (non-hydrogen) atoms. The highest BCUT2D eigenvalue weighted by molar-refractivity contribution is 7.99. The summed E-state index contributed by atoms with van der Waals surface area (Å²) >= 11 is 1.57. The van der Waals surface area contributed by atoms with E-state index < -0.39 is 0 Å². The number of ketones is 1. The quantitative estimate of drug-likeness (QED) is 0.716. The Hall–Kier alpha value is -1.94. The lowest BCUT2D eigenvalue weighted by Gasteiger charge is -1.99. The zero-order valence-corrected chi connectivity index (χ0v) is 11.1. The molecular formula is C15H13NO2S. The Labute approximate surface area is 115 Å². The van der Waals surface area contributed by atoms with Gasteiger partial charge in [-0.15, -0.1) is 11.8 Å². The molecule has 3 aromatic rings. The Morgan fingerprint density at radius 2 is 2.11 bits per heavy atom. The van der Waals surface area contributed by atoms with Gasteiger partial charge in [0.15, 0.2) is 5.78 Å². The van der Waals surface area contributed by atoms with E-state index in [2.05, 4.69) is 4.98 Å². The number of Topliss-reactive ketones (excluding diaryl/α,β-unsaturated/α-hetero) is 1. The van der Waals surface area contributed by atoms with E-state index in [1.165, 1.54) is 0 Å². The zero-order chi connectivity index (χ0) is 13.1. The molecule has 3 nitrogen and oxygen atoms in total. The van der Waals surface area contributed by atoms with Crippen molar-refractivity contribution in [2.24, 2.45) is 0 Å². The van der Waals surface area contributed by atoms with Gasteiger partial charge in [-0.25, -0.2) is 0 Å². The first kappa shape index (κ1) is 12.1. The van der Waals surface area contributed by atoms with Gasteiger partial charge in [0.25, 0.3) is 0 Å². The maximum absolute atomic E-state index is 12.2. The number of rotatable bonds is 5. The normalized spacial score (nSPS) is 10.9. The summed E-state index contributed by atoms with van der Waals surface area (Å²) in [6.07, 6.45) is 3.44. The van der Waals surface area contributed by atoms with Crippen LogP contribution < -0.4 is 0 Å². The number of hydrogen-bond acceptors (Lipinski definition) is 3. The lowest BCUT2D eigenvalue weighted by atomic mass is 10.1. The summed E-state index contributed by atoms with van der Waals surface area (Å²) in [5, 5.41) is 0.992. The second-order valence-corrected chi connectivity index (χ2v) is 5.23. The number of carbonyl (C=O) groups is 1. The molecule has 0 radical (unpaired) electrons. The summed E-state index contributed by atoms with van der Waals surface area (Å²) in [6, 6.07) is 11.6. The van der Waals surface area contributed by atoms with Gasteiger partial charge in [0.1, 0.15) is 5.76 Å². The molecule has 0 saturated heterocycles. The van der Waals surface area contributed by atoms with Crippen LogP contribution in [-0.4, -0.2) is 16.5 Å². The van der Waals surface area contributed by atoms with Crippen molar-refractivity contribution in [2.45, 2.75) is 5.75 Å². The first-order valence-corrected chi connectivity index (χ1v) is 7.19. The molecule has 96 valence electrons. The highest BCUT2D eigenvalue weighted by atomic mass is 32.2. The minimum Gasteiger partial charge on any atom is -0.468 e. The maximum atomic E-state index is 12.2.